The molecule has 1 aromatic heterocycles. The Bertz CT molecular complexity index is 1220. The van der Waals surface area contributed by atoms with Gasteiger partial charge in [0.1, 0.15) is 23.5 Å². The van der Waals surface area contributed by atoms with E-state index in [0.29, 0.717) is 0 Å². The molecule has 2 aliphatic heterocycles. The van der Waals surface area contributed by atoms with Crippen molar-refractivity contribution in [3.63, 3.8) is 0 Å². The van der Waals surface area contributed by atoms with Crippen LogP contribution in [0.4, 0.5) is 29.7 Å². The first kappa shape index (κ1) is 27.5. The molecule has 15 heteroatoms. The highest BCUT2D eigenvalue weighted by Crippen LogP contribution is 2.31. The van der Waals surface area contributed by atoms with Crippen molar-refractivity contribution < 1.29 is 37.4 Å². The number of alkyl carbamates (subject to hydrolysis) is 1. The summed E-state index contributed by atoms with van der Waals surface area (Å²) < 4.78 is 39.8. The predicted molar refractivity (Wildman–Crippen MR) is 132 cm³/mol. The molecule has 2 N–H and O–H groups in total. The van der Waals surface area contributed by atoms with Gasteiger partial charge in [-0.2, -0.15) is 0 Å². The van der Waals surface area contributed by atoms with E-state index in [1.807, 2.05) is 0 Å². The number of carbonyl (C=O) groups is 4. The van der Waals surface area contributed by atoms with E-state index in [1.54, 1.807) is 6.92 Å². The van der Waals surface area contributed by atoms with E-state index in [9.17, 15) is 19.2 Å². The Hall–Kier alpha value is -4.56. The summed E-state index contributed by atoms with van der Waals surface area (Å²) in [5.74, 6) is -2.64. The molecule has 2 atom stereocenters. The van der Waals surface area contributed by atoms with Gasteiger partial charge in [-0.25, -0.2) is 23.4 Å². The molecule has 4 amide bonds. The predicted octanol–water partition coefficient (Wildman–Crippen LogP) is 0.903. The molecule has 4 rings (SSSR count). The molecule has 39 heavy (non-hydrogen) atoms. The van der Waals surface area contributed by atoms with E-state index in [-0.39, 0.29) is 62.2 Å². The lowest BCUT2D eigenvalue weighted by Crippen LogP contribution is -2.54. The third kappa shape index (κ3) is 6.30. The van der Waals surface area contributed by atoms with Crippen molar-refractivity contribution in [1.82, 2.24) is 25.5 Å². The third-order valence-corrected chi connectivity index (χ3v) is 6.27. The Balaban J connectivity index is 1.34. The zero-order valence-corrected chi connectivity index (χ0v) is 21.2. The Morgan fingerprint density at radius 2 is 1.85 bits per heavy atom. The number of hydrogen-bond donors (Lipinski definition) is 2. The van der Waals surface area contributed by atoms with Crippen LogP contribution in [0.15, 0.2) is 30.7 Å². The molecule has 208 valence electrons. The number of piperazine rings is 1. The maximum atomic E-state index is 15.1. The lowest BCUT2D eigenvalue weighted by molar-refractivity contribution is -0.133. The number of hydrogen-bond acceptors (Lipinski definition) is 9. The van der Waals surface area contributed by atoms with Gasteiger partial charge < -0.3 is 29.9 Å². The standard InChI is InChI=1S/C24H27F2N7O6/c1-14(30-21(34)19-12-27-3-4-28-19)22(35)32-7-5-31(6-8-32)20-17(25)9-15(10-18(20)26)33-13-16(39-24(33)37)11-29-23(36)38-2/h3-4,9-10,12,14,16H,5-8,11,13H2,1-2H3,(H,29,36)(H,30,34). The number of aromatic nitrogens is 2. The Kier molecular flexibility index (Phi) is 8.36. The quantitative estimate of drug-likeness (QED) is 0.516. The molecule has 0 spiro atoms. The molecule has 1 aromatic carbocycles. The summed E-state index contributed by atoms with van der Waals surface area (Å²) in [5.41, 5.74) is -0.223. The second-order valence-corrected chi connectivity index (χ2v) is 8.85. The van der Waals surface area contributed by atoms with Crippen molar-refractivity contribution in [3.8, 4) is 0 Å². The maximum absolute atomic E-state index is 15.1. The highest BCUT2D eigenvalue weighted by molar-refractivity contribution is 5.95. The van der Waals surface area contributed by atoms with Crippen LogP contribution in [0.1, 0.15) is 17.4 Å². The van der Waals surface area contributed by atoms with E-state index in [4.69, 9.17) is 4.74 Å². The SMILES string of the molecule is COC(=O)NCC1CN(c2cc(F)c(N3CCN(C(=O)C(C)NC(=O)c4cnccn4)CC3)c(F)c2)C(=O)O1. The summed E-state index contributed by atoms with van der Waals surface area (Å²) in [7, 11) is 1.19. The lowest BCUT2D eigenvalue weighted by Gasteiger charge is -2.37. The number of nitrogens with one attached hydrogen (secondary N) is 2. The molecule has 0 saturated carbocycles. The number of amides is 4. The topological polar surface area (TPSA) is 146 Å². The van der Waals surface area contributed by atoms with Crippen molar-refractivity contribution in [2.45, 2.75) is 19.1 Å². The summed E-state index contributed by atoms with van der Waals surface area (Å²) in [6.07, 6.45) is 1.85. The largest absolute Gasteiger partial charge is 0.453 e. The molecule has 0 radical (unpaired) electrons. The number of cyclic esters (lactones) is 1. The highest BCUT2D eigenvalue weighted by Gasteiger charge is 2.34. The van der Waals surface area contributed by atoms with Crippen LogP contribution >= 0.6 is 0 Å². The van der Waals surface area contributed by atoms with Gasteiger partial charge in [-0.3, -0.25) is 19.5 Å². The van der Waals surface area contributed by atoms with Crippen molar-refractivity contribution in [2.24, 2.45) is 0 Å². The van der Waals surface area contributed by atoms with Crippen molar-refractivity contribution in [1.29, 1.82) is 0 Å². The Labute approximate surface area is 222 Å². The average molecular weight is 548 g/mol. The second-order valence-electron chi connectivity index (χ2n) is 8.85. The molecular weight excluding hydrogens is 520 g/mol. The van der Waals surface area contributed by atoms with E-state index in [0.717, 1.165) is 17.0 Å². The zero-order chi connectivity index (χ0) is 28.1. The highest BCUT2D eigenvalue weighted by atomic mass is 19.1. The van der Waals surface area contributed by atoms with Crippen LogP contribution in [0.25, 0.3) is 0 Å². The van der Waals surface area contributed by atoms with Crippen molar-refractivity contribution in [2.75, 3.05) is 56.2 Å². The summed E-state index contributed by atoms with van der Waals surface area (Å²) in [4.78, 5) is 60.3. The Morgan fingerprint density at radius 3 is 2.46 bits per heavy atom. The minimum atomic E-state index is -0.877. The summed E-state index contributed by atoms with van der Waals surface area (Å²) in [6, 6.07) is 1.24. The molecule has 2 fully saturated rings. The third-order valence-electron chi connectivity index (χ3n) is 6.27. The van der Waals surface area contributed by atoms with Gasteiger partial charge in [-0.15, -0.1) is 0 Å². The first-order valence-corrected chi connectivity index (χ1v) is 12.1. The minimum absolute atomic E-state index is 0.0204. The molecule has 2 aromatic rings. The monoisotopic (exact) mass is 547 g/mol. The normalized spacial score (nSPS) is 17.9. The van der Waals surface area contributed by atoms with Gasteiger partial charge in [-0.05, 0) is 6.92 Å². The van der Waals surface area contributed by atoms with Gasteiger partial charge in [0.25, 0.3) is 5.91 Å². The number of methoxy groups -OCH3 is 1. The van der Waals surface area contributed by atoms with Crippen LogP contribution in [0, 0.1) is 11.6 Å². The smallest absolute Gasteiger partial charge is 0.414 e. The van der Waals surface area contributed by atoms with Gasteiger partial charge in [0, 0.05) is 50.7 Å². The number of anilines is 2. The first-order valence-electron chi connectivity index (χ1n) is 12.1. The first-order chi connectivity index (χ1) is 18.7. The minimum Gasteiger partial charge on any atom is -0.453 e. The lowest BCUT2D eigenvalue weighted by atomic mass is 10.1. The van der Waals surface area contributed by atoms with Gasteiger partial charge in [0.2, 0.25) is 5.91 Å². The number of halogens is 2. The molecule has 2 saturated heterocycles. The number of ether oxygens (including phenoxy) is 2. The van der Waals surface area contributed by atoms with E-state index in [1.165, 1.54) is 35.5 Å². The van der Waals surface area contributed by atoms with Crippen LogP contribution in [-0.2, 0) is 14.3 Å². The van der Waals surface area contributed by atoms with Crippen LogP contribution in [-0.4, -0.2) is 97.4 Å². The average Bonchev–Trinajstić information content (AvgIpc) is 3.32. The van der Waals surface area contributed by atoms with Gasteiger partial charge in [0.15, 0.2) is 11.6 Å². The summed E-state index contributed by atoms with van der Waals surface area (Å²) >= 11 is 0. The van der Waals surface area contributed by atoms with Crippen LogP contribution < -0.4 is 20.4 Å². The number of rotatable bonds is 7. The Morgan fingerprint density at radius 1 is 1.15 bits per heavy atom. The molecule has 0 aliphatic carbocycles. The summed E-state index contributed by atoms with van der Waals surface area (Å²) in [5, 5.41) is 4.98. The fourth-order valence-corrected chi connectivity index (χ4v) is 4.29. The van der Waals surface area contributed by atoms with Crippen molar-refractivity contribution in [3.05, 3.63) is 48.1 Å². The number of nitrogens with zero attached hydrogens (tertiary/aromatic N) is 5. The van der Waals surface area contributed by atoms with E-state index in [2.05, 4.69) is 25.3 Å². The molecule has 0 bridgehead atoms. The van der Waals surface area contributed by atoms with Crippen LogP contribution in [0.5, 0.6) is 0 Å². The van der Waals surface area contributed by atoms with Gasteiger partial charge in [0.05, 0.1) is 32.1 Å². The van der Waals surface area contributed by atoms with Crippen LogP contribution in [0.3, 0.4) is 0 Å². The van der Waals surface area contributed by atoms with Crippen molar-refractivity contribution >= 4 is 35.4 Å². The van der Waals surface area contributed by atoms with Crippen LogP contribution in [0.2, 0.25) is 0 Å². The molecule has 13 nitrogen and oxygen atoms in total. The molecule has 2 unspecified atom stereocenters. The number of carbonyl (C=O) groups excluding carboxylic acids is 4. The zero-order valence-electron chi connectivity index (χ0n) is 21.2. The van der Waals surface area contributed by atoms with Gasteiger partial charge >= 0.3 is 12.2 Å². The van der Waals surface area contributed by atoms with E-state index < -0.39 is 41.9 Å². The fraction of sp³-hybridized carbons (Fsp3) is 0.417. The number of benzene rings is 1. The van der Waals surface area contributed by atoms with E-state index >= 15 is 8.78 Å². The van der Waals surface area contributed by atoms with Gasteiger partial charge in [-0.1, -0.05) is 0 Å². The fourth-order valence-electron chi connectivity index (χ4n) is 4.29. The summed E-state index contributed by atoms with van der Waals surface area (Å²) in [6.45, 7) is 2.15. The second kappa shape index (κ2) is 11.9. The molecule has 2 aliphatic rings. The maximum Gasteiger partial charge on any atom is 0.414 e. The molecular formula is C24H27F2N7O6. The molecule has 3 heterocycles.